The van der Waals surface area contributed by atoms with E-state index in [9.17, 15) is 22.8 Å². The number of ether oxygens (including phenoxy) is 2. The van der Waals surface area contributed by atoms with Gasteiger partial charge in [0, 0.05) is 25.5 Å². The molecular weight excluding hydrogens is 572 g/mol. The number of imidazole rings is 1. The number of nitrogens with zero attached hydrogens (tertiary/aromatic N) is 3. The van der Waals surface area contributed by atoms with Crippen molar-refractivity contribution in [1.29, 1.82) is 0 Å². The van der Waals surface area contributed by atoms with Crippen molar-refractivity contribution < 1.29 is 36.8 Å². The van der Waals surface area contributed by atoms with Gasteiger partial charge in [-0.25, -0.2) is 27.0 Å². The second-order valence-corrected chi connectivity index (χ2v) is 13.7. The van der Waals surface area contributed by atoms with Crippen LogP contribution >= 0.6 is 0 Å². The van der Waals surface area contributed by atoms with Gasteiger partial charge >= 0.3 is 18.1 Å². The Morgan fingerprint density at radius 1 is 1.09 bits per heavy atom. The number of aromatic nitrogens is 2. The highest BCUT2D eigenvalue weighted by atomic mass is 32.2. The zero-order valence-electron chi connectivity index (χ0n) is 25.1. The van der Waals surface area contributed by atoms with Gasteiger partial charge in [0.15, 0.2) is 6.04 Å². The number of quaternary nitrogens is 1. The summed E-state index contributed by atoms with van der Waals surface area (Å²) in [6.07, 6.45) is 1.94. The first-order chi connectivity index (χ1) is 20.2. The molecule has 0 radical (unpaired) electrons. The molecule has 0 spiro atoms. The quantitative estimate of drug-likeness (QED) is 0.362. The molecule has 1 aliphatic rings. The van der Waals surface area contributed by atoms with Crippen molar-refractivity contribution in [2.45, 2.75) is 83.1 Å². The van der Waals surface area contributed by atoms with Crippen LogP contribution in [0.5, 0.6) is 0 Å². The van der Waals surface area contributed by atoms with Gasteiger partial charge in [-0.15, -0.1) is 0 Å². The summed E-state index contributed by atoms with van der Waals surface area (Å²) in [4.78, 5) is 45.2. The number of imide groups is 1. The fourth-order valence-corrected chi connectivity index (χ4v) is 6.31. The Hall–Kier alpha value is -4.03. The third kappa shape index (κ3) is 7.31. The van der Waals surface area contributed by atoms with Crippen LogP contribution in [0.2, 0.25) is 0 Å². The SMILES string of the molecule is Cc1ccc(S(=O)(=O)n2cnc(C[C@H](NC(=O)OC(C)(C)C)C(=O)[N+]3(C(=O)OCc4ccccc4)CCC[C@H]3C)c2)cc1. The van der Waals surface area contributed by atoms with Gasteiger partial charge in [0.1, 0.15) is 24.6 Å². The van der Waals surface area contributed by atoms with Crippen molar-refractivity contribution in [3.05, 3.63) is 83.9 Å². The lowest BCUT2D eigenvalue weighted by Crippen LogP contribution is -2.65. The summed E-state index contributed by atoms with van der Waals surface area (Å²) in [6, 6.07) is 13.9. The Morgan fingerprint density at radius 2 is 1.77 bits per heavy atom. The fourth-order valence-electron chi connectivity index (χ4n) is 5.15. The molecule has 1 fully saturated rings. The van der Waals surface area contributed by atoms with Gasteiger partial charge in [-0.1, -0.05) is 48.0 Å². The van der Waals surface area contributed by atoms with E-state index in [-0.39, 0.29) is 30.2 Å². The first kappa shape index (κ1) is 31.9. The minimum Gasteiger partial charge on any atom is -0.444 e. The number of aryl methyl sites for hydroxylation is 1. The number of nitrogens with one attached hydrogen (secondary N) is 1. The average molecular weight is 612 g/mol. The van der Waals surface area contributed by atoms with Crippen molar-refractivity contribution >= 4 is 28.1 Å². The molecule has 2 aromatic carbocycles. The molecule has 1 aliphatic heterocycles. The van der Waals surface area contributed by atoms with Crippen LogP contribution < -0.4 is 5.32 Å². The predicted octanol–water partition coefficient (Wildman–Crippen LogP) is 4.73. The number of carbonyl (C=O) groups excluding carboxylic acids is 3. The Labute approximate surface area is 252 Å². The molecule has 43 heavy (non-hydrogen) atoms. The molecule has 1 aromatic heterocycles. The average Bonchev–Trinajstić information content (AvgIpc) is 3.58. The van der Waals surface area contributed by atoms with Crippen LogP contribution in [0.4, 0.5) is 9.59 Å². The van der Waals surface area contributed by atoms with E-state index in [1.165, 1.54) is 18.3 Å². The van der Waals surface area contributed by atoms with E-state index < -0.39 is 50.3 Å². The van der Waals surface area contributed by atoms with E-state index in [1.807, 2.05) is 44.2 Å². The van der Waals surface area contributed by atoms with Crippen LogP contribution in [0, 0.1) is 6.92 Å². The minimum atomic E-state index is -3.94. The monoisotopic (exact) mass is 611 g/mol. The maximum Gasteiger partial charge on any atom is 0.524 e. The van der Waals surface area contributed by atoms with Crippen LogP contribution in [-0.2, 0) is 37.3 Å². The number of rotatable bonds is 8. The topological polar surface area (TPSA) is 134 Å². The summed E-state index contributed by atoms with van der Waals surface area (Å²) in [7, 11) is -3.94. The lowest BCUT2D eigenvalue weighted by molar-refractivity contribution is -0.794. The molecule has 1 N–H and O–H groups in total. The van der Waals surface area contributed by atoms with Crippen molar-refractivity contribution in [3.63, 3.8) is 0 Å². The molecule has 1 unspecified atom stereocenters. The highest BCUT2D eigenvalue weighted by Gasteiger charge is 2.56. The van der Waals surface area contributed by atoms with Crippen molar-refractivity contribution in [2.24, 2.45) is 0 Å². The van der Waals surface area contributed by atoms with Gasteiger partial charge < -0.3 is 14.8 Å². The maximum atomic E-state index is 14.3. The van der Waals surface area contributed by atoms with Gasteiger partial charge in [-0.3, -0.25) is 0 Å². The lowest BCUT2D eigenvalue weighted by Gasteiger charge is -2.34. The van der Waals surface area contributed by atoms with E-state index in [1.54, 1.807) is 32.9 Å². The highest BCUT2D eigenvalue weighted by molar-refractivity contribution is 7.90. The number of amides is 3. The van der Waals surface area contributed by atoms with Gasteiger partial charge in [0.2, 0.25) is 0 Å². The Kier molecular flexibility index (Phi) is 9.41. The van der Waals surface area contributed by atoms with Crippen LogP contribution in [0.15, 0.2) is 72.0 Å². The highest BCUT2D eigenvalue weighted by Crippen LogP contribution is 2.31. The predicted molar refractivity (Wildman–Crippen MR) is 158 cm³/mol. The summed E-state index contributed by atoms with van der Waals surface area (Å²) in [6.45, 7) is 8.94. The lowest BCUT2D eigenvalue weighted by atomic mass is 10.1. The molecular formula is C31H39N4O7S+. The number of benzene rings is 2. The van der Waals surface area contributed by atoms with Gasteiger partial charge in [0.05, 0.1) is 17.1 Å². The summed E-state index contributed by atoms with van der Waals surface area (Å²) < 4.78 is 37.8. The Bertz CT molecular complexity index is 1560. The first-order valence-electron chi connectivity index (χ1n) is 14.2. The van der Waals surface area contributed by atoms with Crippen LogP contribution in [0.3, 0.4) is 0 Å². The Morgan fingerprint density at radius 3 is 2.37 bits per heavy atom. The molecule has 11 nitrogen and oxygen atoms in total. The zero-order chi connectivity index (χ0) is 31.4. The molecule has 3 atom stereocenters. The third-order valence-electron chi connectivity index (χ3n) is 7.42. The summed E-state index contributed by atoms with van der Waals surface area (Å²) in [5, 5.41) is 2.63. The molecule has 0 bridgehead atoms. The fraction of sp³-hybridized carbons (Fsp3) is 0.419. The second-order valence-electron chi connectivity index (χ2n) is 11.9. The van der Waals surface area contributed by atoms with Crippen LogP contribution in [-0.4, -0.2) is 64.2 Å². The third-order valence-corrected chi connectivity index (χ3v) is 9.04. The molecule has 2 heterocycles. The first-order valence-corrected chi connectivity index (χ1v) is 15.6. The summed E-state index contributed by atoms with van der Waals surface area (Å²) in [5.74, 6) is -0.579. The minimum absolute atomic E-state index is 0.00882. The standard InChI is InChI=1S/C31H38N4O7S/c1-22-13-15-26(16-14-22)43(39,40)34-19-25(32-21-34)18-27(33-29(37)42-31(3,4)5)28(36)35(17-9-10-23(35)2)30(38)41-20-24-11-7-6-8-12-24/h6-8,11-16,19,21,23,27H,9-10,17-18,20H2,1-5H3/p+1/t23-,27+,35?/m1/s1. The normalized spacial score (nSPS) is 19.4. The second kappa shape index (κ2) is 12.7. The largest absolute Gasteiger partial charge is 0.524 e. The molecule has 230 valence electrons. The number of hydrogen-bond acceptors (Lipinski definition) is 8. The Balaban J connectivity index is 1.63. The summed E-state index contributed by atoms with van der Waals surface area (Å²) in [5.41, 5.74) is 1.07. The smallest absolute Gasteiger partial charge is 0.444 e. The number of carbonyl (C=O) groups is 3. The van der Waals surface area contributed by atoms with Crippen molar-refractivity contribution in [2.75, 3.05) is 6.54 Å². The van der Waals surface area contributed by atoms with Gasteiger partial charge in [0.25, 0.3) is 10.0 Å². The molecule has 3 aromatic rings. The number of likely N-dealkylation sites (tertiary alicyclic amines) is 1. The maximum absolute atomic E-state index is 14.3. The van der Waals surface area contributed by atoms with E-state index in [0.717, 1.165) is 21.4 Å². The molecule has 1 saturated heterocycles. The van der Waals surface area contributed by atoms with Gasteiger partial charge in [-0.05, 0) is 52.3 Å². The molecule has 3 amide bonds. The van der Waals surface area contributed by atoms with Crippen molar-refractivity contribution in [3.8, 4) is 0 Å². The number of hydrogen-bond donors (Lipinski definition) is 1. The molecule has 0 aliphatic carbocycles. The zero-order valence-corrected chi connectivity index (χ0v) is 26.0. The van der Waals surface area contributed by atoms with Crippen LogP contribution in [0.1, 0.15) is 57.4 Å². The van der Waals surface area contributed by atoms with Gasteiger partial charge in [-0.2, -0.15) is 9.28 Å². The van der Waals surface area contributed by atoms with Crippen LogP contribution in [0.25, 0.3) is 0 Å². The van der Waals surface area contributed by atoms with Crippen molar-refractivity contribution in [1.82, 2.24) is 14.3 Å². The van der Waals surface area contributed by atoms with E-state index in [0.29, 0.717) is 12.8 Å². The van der Waals surface area contributed by atoms with E-state index in [4.69, 9.17) is 9.47 Å². The molecule has 4 rings (SSSR count). The molecule has 0 saturated carbocycles. The summed E-state index contributed by atoms with van der Waals surface area (Å²) >= 11 is 0. The molecule has 12 heteroatoms. The number of alkyl carbamates (subject to hydrolysis) is 1. The van der Waals surface area contributed by atoms with E-state index >= 15 is 0 Å². The van der Waals surface area contributed by atoms with E-state index in [2.05, 4.69) is 10.3 Å².